The number of aromatic amines is 1. The molecule has 128 valence electrons. The third-order valence-electron chi connectivity index (χ3n) is 3.88. The minimum absolute atomic E-state index is 0.158. The molecule has 0 fully saturated rings. The molecule has 1 aliphatic heterocycles. The van der Waals surface area contributed by atoms with Crippen LogP contribution in [-0.4, -0.2) is 27.7 Å². The molecule has 1 aliphatic rings. The number of nitrogen functional groups attached to an aromatic ring is 1. The van der Waals surface area contributed by atoms with Crippen LogP contribution >= 0.6 is 0 Å². The van der Waals surface area contributed by atoms with Gasteiger partial charge in [0.25, 0.3) is 0 Å². The van der Waals surface area contributed by atoms with Gasteiger partial charge in [0.1, 0.15) is 30.3 Å². The first-order valence-corrected chi connectivity index (χ1v) is 7.69. The first-order chi connectivity index (χ1) is 12.1. The van der Waals surface area contributed by atoms with Crippen LogP contribution in [0, 0.1) is 5.82 Å². The average molecular weight is 342 g/mol. The Morgan fingerprint density at radius 3 is 2.80 bits per heavy atom. The maximum absolute atomic E-state index is 13.9. The fraction of sp³-hybridized carbons (Fsp3) is 0.176. The van der Waals surface area contributed by atoms with E-state index in [0.29, 0.717) is 28.2 Å². The number of H-pyrrole nitrogens is 1. The smallest absolute Gasteiger partial charge is 0.326 e. The van der Waals surface area contributed by atoms with E-state index in [0.717, 1.165) is 0 Å². The summed E-state index contributed by atoms with van der Waals surface area (Å²) in [7, 11) is 0. The highest BCUT2D eigenvalue weighted by atomic mass is 19.1. The van der Waals surface area contributed by atoms with Gasteiger partial charge in [0, 0.05) is 12.1 Å². The molecule has 0 spiro atoms. The molecule has 4 bridgehead atoms. The Labute approximate surface area is 141 Å². The maximum Gasteiger partial charge on any atom is 0.326 e. The normalized spacial score (nSPS) is 15.4. The Bertz CT molecular complexity index is 1040. The lowest BCUT2D eigenvalue weighted by Gasteiger charge is -2.10. The van der Waals surface area contributed by atoms with Crippen molar-refractivity contribution in [2.75, 3.05) is 18.9 Å². The van der Waals surface area contributed by atoms with Crippen LogP contribution in [0.5, 0.6) is 11.6 Å². The van der Waals surface area contributed by atoms with Gasteiger partial charge in [-0.25, -0.2) is 9.18 Å². The first kappa shape index (κ1) is 15.3. The van der Waals surface area contributed by atoms with E-state index in [1.807, 2.05) is 0 Å². The van der Waals surface area contributed by atoms with Gasteiger partial charge in [-0.3, -0.25) is 4.57 Å². The number of halogens is 1. The molecule has 3 aromatic rings. The molecule has 3 heterocycles. The molecule has 1 aromatic carbocycles. The summed E-state index contributed by atoms with van der Waals surface area (Å²) in [6, 6.07) is 6.01. The molecule has 2 aromatic heterocycles. The summed E-state index contributed by atoms with van der Waals surface area (Å²) in [6.45, 7) is 0.701. The van der Waals surface area contributed by atoms with E-state index in [9.17, 15) is 9.18 Å². The number of nitrogens with zero attached hydrogens (tertiary/aromatic N) is 2. The number of benzene rings is 1. The van der Waals surface area contributed by atoms with Crippen LogP contribution in [0.25, 0.3) is 11.0 Å². The van der Waals surface area contributed by atoms with Crippen LogP contribution in [0.4, 0.5) is 10.2 Å². The Morgan fingerprint density at radius 1 is 1.16 bits per heavy atom. The fourth-order valence-corrected chi connectivity index (χ4v) is 2.77. The molecule has 3 N–H and O–H groups in total. The molecule has 0 amide bonds. The molecule has 0 radical (unpaired) electrons. The number of nitrogens with one attached hydrogen (secondary N) is 1. The van der Waals surface area contributed by atoms with Crippen LogP contribution in [0.2, 0.25) is 0 Å². The van der Waals surface area contributed by atoms with Crippen LogP contribution < -0.4 is 20.9 Å². The quantitative estimate of drug-likeness (QED) is 0.608. The molecular weight excluding hydrogens is 327 g/mol. The number of hydrogen-bond donors (Lipinski definition) is 2. The molecule has 0 unspecified atom stereocenters. The summed E-state index contributed by atoms with van der Waals surface area (Å²) in [4.78, 5) is 19.1. The van der Waals surface area contributed by atoms with Gasteiger partial charge in [0.15, 0.2) is 5.82 Å². The SMILES string of the molecule is Nc1nc2cc3c1[nH]c(=O)n3Cc1cc(F)cc(c1)OC/C=C/CO2. The zero-order valence-electron chi connectivity index (χ0n) is 13.2. The van der Waals surface area contributed by atoms with E-state index >= 15 is 0 Å². The molecule has 8 heteroatoms. The van der Waals surface area contributed by atoms with Crippen molar-refractivity contribution in [3.63, 3.8) is 0 Å². The van der Waals surface area contributed by atoms with Gasteiger partial charge in [-0.1, -0.05) is 0 Å². The van der Waals surface area contributed by atoms with Crippen LogP contribution in [-0.2, 0) is 6.54 Å². The van der Waals surface area contributed by atoms with E-state index in [1.54, 1.807) is 24.3 Å². The number of nitrogens with two attached hydrogens (primary N) is 1. The molecule has 25 heavy (non-hydrogen) atoms. The third-order valence-corrected chi connectivity index (χ3v) is 3.88. The van der Waals surface area contributed by atoms with Crippen molar-refractivity contribution in [1.29, 1.82) is 0 Å². The standard InChI is InChI=1S/C17H15FN4O3/c18-11-5-10-6-12(7-11)24-3-1-2-4-25-14-8-13-15(16(19)20-14)21-17(23)22(13)9-10/h1-2,5-8H,3-4,9H2,(H2,19,20)(H,21,23)/b2-1+. The zero-order valence-corrected chi connectivity index (χ0v) is 13.2. The van der Waals surface area contributed by atoms with E-state index in [-0.39, 0.29) is 31.3 Å². The predicted octanol–water partition coefficient (Wildman–Crippen LogP) is 1.82. The van der Waals surface area contributed by atoms with Gasteiger partial charge in [-0.05, 0) is 29.8 Å². The van der Waals surface area contributed by atoms with Gasteiger partial charge < -0.3 is 20.2 Å². The Balaban J connectivity index is 1.91. The largest absolute Gasteiger partial charge is 0.489 e. The number of anilines is 1. The van der Waals surface area contributed by atoms with E-state index in [2.05, 4.69) is 9.97 Å². The molecule has 0 atom stereocenters. The van der Waals surface area contributed by atoms with Crippen LogP contribution in [0.15, 0.2) is 41.2 Å². The second-order valence-corrected chi connectivity index (χ2v) is 5.64. The highest BCUT2D eigenvalue weighted by Gasteiger charge is 2.14. The molecule has 7 nitrogen and oxygen atoms in total. The molecule has 0 aliphatic carbocycles. The number of hydrogen-bond acceptors (Lipinski definition) is 5. The monoisotopic (exact) mass is 342 g/mol. The lowest BCUT2D eigenvalue weighted by Crippen LogP contribution is -2.17. The number of fused-ring (bicyclic) bond motifs is 3. The minimum Gasteiger partial charge on any atom is -0.489 e. The second kappa shape index (κ2) is 5.97. The van der Waals surface area contributed by atoms with Gasteiger partial charge in [-0.15, -0.1) is 0 Å². The summed E-state index contributed by atoms with van der Waals surface area (Å²) in [5.41, 5.74) is 7.12. The van der Waals surface area contributed by atoms with Crippen molar-refractivity contribution in [3.05, 3.63) is 58.3 Å². The highest BCUT2D eigenvalue weighted by molar-refractivity contribution is 5.85. The van der Waals surface area contributed by atoms with Gasteiger partial charge in [-0.2, -0.15) is 4.98 Å². The maximum atomic E-state index is 13.9. The predicted molar refractivity (Wildman–Crippen MR) is 90.4 cm³/mol. The minimum atomic E-state index is -0.429. The number of aromatic nitrogens is 3. The zero-order chi connectivity index (χ0) is 17.4. The highest BCUT2D eigenvalue weighted by Crippen LogP contribution is 2.23. The lowest BCUT2D eigenvalue weighted by molar-refractivity contribution is 0.341. The molecule has 0 saturated heterocycles. The van der Waals surface area contributed by atoms with E-state index in [4.69, 9.17) is 15.2 Å². The first-order valence-electron chi connectivity index (χ1n) is 7.69. The van der Waals surface area contributed by atoms with Crippen molar-refractivity contribution in [2.24, 2.45) is 0 Å². The Hall–Kier alpha value is -3.29. The third kappa shape index (κ3) is 2.93. The second-order valence-electron chi connectivity index (χ2n) is 5.64. The van der Waals surface area contributed by atoms with Crippen molar-refractivity contribution < 1.29 is 13.9 Å². The van der Waals surface area contributed by atoms with Crippen LogP contribution in [0.1, 0.15) is 5.56 Å². The Morgan fingerprint density at radius 2 is 1.96 bits per heavy atom. The van der Waals surface area contributed by atoms with Crippen molar-refractivity contribution in [3.8, 4) is 11.6 Å². The van der Waals surface area contributed by atoms with Gasteiger partial charge in [0.05, 0.1) is 12.1 Å². The van der Waals surface area contributed by atoms with Crippen molar-refractivity contribution in [2.45, 2.75) is 6.54 Å². The summed E-state index contributed by atoms with van der Waals surface area (Å²) in [5.74, 6) is 0.442. The number of pyridine rings is 1. The van der Waals surface area contributed by atoms with Crippen LogP contribution in [0.3, 0.4) is 0 Å². The summed E-state index contributed by atoms with van der Waals surface area (Å²) in [6.07, 6.45) is 3.53. The van der Waals surface area contributed by atoms with Gasteiger partial charge >= 0.3 is 5.69 Å². The summed E-state index contributed by atoms with van der Waals surface area (Å²) >= 11 is 0. The number of ether oxygens (including phenoxy) is 2. The summed E-state index contributed by atoms with van der Waals surface area (Å²) < 4.78 is 26.4. The summed E-state index contributed by atoms with van der Waals surface area (Å²) in [5, 5.41) is 0. The number of imidazole rings is 1. The van der Waals surface area contributed by atoms with E-state index in [1.165, 1.54) is 16.7 Å². The lowest BCUT2D eigenvalue weighted by atomic mass is 10.2. The Kier molecular flexibility index (Phi) is 3.64. The van der Waals surface area contributed by atoms with Gasteiger partial charge in [0.2, 0.25) is 5.88 Å². The van der Waals surface area contributed by atoms with Crippen molar-refractivity contribution >= 4 is 16.9 Å². The average Bonchev–Trinajstić information content (AvgIpc) is 2.87. The van der Waals surface area contributed by atoms with Crippen molar-refractivity contribution in [1.82, 2.24) is 14.5 Å². The number of rotatable bonds is 0. The molecular formula is C17H15FN4O3. The topological polar surface area (TPSA) is 95.2 Å². The fourth-order valence-electron chi connectivity index (χ4n) is 2.77. The molecule has 0 saturated carbocycles. The molecule has 4 rings (SSSR count). The van der Waals surface area contributed by atoms with E-state index < -0.39 is 5.82 Å².